The zero-order valence-electron chi connectivity index (χ0n) is 14.7. The van der Waals surface area contributed by atoms with Crippen molar-refractivity contribution in [3.05, 3.63) is 54.1 Å². The predicted molar refractivity (Wildman–Crippen MR) is 97.3 cm³/mol. The number of hydrogen-bond donors (Lipinski definition) is 0. The van der Waals surface area contributed by atoms with Crippen LogP contribution in [0.1, 0.15) is 19.4 Å². The van der Waals surface area contributed by atoms with Crippen LogP contribution in [0.15, 0.2) is 58.3 Å². The first kappa shape index (κ1) is 20.1. The van der Waals surface area contributed by atoms with Crippen LogP contribution in [0.5, 0.6) is 5.75 Å². The second kappa shape index (κ2) is 7.59. The van der Waals surface area contributed by atoms with Gasteiger partial charge in [0.2, 0.25) is 0 Å². The molecule has 0 saturated heterocycles. The fourth-order valence-electron chi connectivity index (χ4n) is 2.02. The van der Waals surface area contributed by atoms with Crippen molar-refractivity contribution in [2.45, 2.75) is 30.6 Å². The van der Waals surface area contributed by atoms with Crippen LogP contribution in [0.3, 0.4) is 0 Å². The summed E-state index contributed by atoms with van der Waals surface area (Å²) in [6.45, 7) is 5.09. The van der Waals surface area contributed by atoms with E-state index in [2.05, 4.69) is 0 Å². The first-order chi connectivity index (χ1) is 12.0. The summed E-state index contributed by atoms with van der Waals surface area (Å²) in [4.78, 5) is 11.6. The second-order valence-electron chi connectivity index (χ2n) is 6.20. The lowest BCUT2D eigenvalue weighted by Gasteiger charge is -2.09. The average molecular weight is 396 g/mol. The van der Waals surface area contributed by atoms with E-state index in [0.29, 0.717) is 0 Å². The molecule has 0 heterocycles. The zero-order valence-corrected chi connectivity index (χ0v) is 16.3. The van der Waals surface area contributed by atoms with Crippen LogP contribution in [-0.2, 0) is 24.7 Å². The van der Waals surface area contributed by atoms with Crippen molar-refractivity contribution >= 4 is 25.7 Å². The summed E-state index contributed by atoms with van der Waals surface area (Å²) in [6.07, 6.45) is 0. The summed E-state index contributed by atoms with van der Waals surface area (Å²) < 4.78 is 53.9. The van der Waals surface area contributed by atoms with Gasteiger partial charge in [-0.2, -0.15) is 8.42 Å². The van der Waals surface area contributed by atoms with Crippen molar-refractivity contribution in [2.75, 3.05) is 5.75 Å². The molecular formula is C18H20O6S2. The Morgan fingerprint density at radius 1 is 0.885 bits per heavy atom. The molecule has 0 N–H and O–H groups in total. The maximum absolute atomic E-state index is 12.2. The Labute approximate surface area is 153 Å². The molecule has 0 spiro atoms. The molecule has 0 radical (unpaired) electrons. The summed E-state index contributed by atoms with van der Waals surface area (Å²) >= 11 is 0. The first-order valence-corrected chi connectivity index (χ1v) is 10.9. The number of hydrogen-bond acceptors (Lipinski definition) is 6. The fourth-order valence-corrected chi connectivity index (χ4v) is 4.37. The van der Waals surface area contributed by atoms with E-state index in [1.165, 1.54) is 36.4 Å². The van der Waals surface area contributed by atoms with Gasteiger partial charge in [-0.25, -0.2) is 8.42 Å². The lowest BCUT2D eigenvalue weighted by atomic mass is 10.1. The lowest BCUT2D eigenvalue weighted by molar-refractivity contribution is -0.119. The number of carbonyl (C=O) groups excluding carboxylic acids is 1. The van der Waals surface area contributed by atoms with Crippen molar-refractivity contribution in [3.8, 4) is 5.75 Å². The van der Waals surface area contributed by atoms with Crippen molar-refractivity contribution in [1.29, 1.82) is 0 Å². The Balaban J connectivity index is 2.19. The summed E-state index contributed by atoms with van der Waals surface area (Å²) in [5.41, 5.74) is 0.912. The van der Waals surface area contributed by atoms with E-state index in [9.17, 15) is 21.6 Å². The van der Waals surface area contributed by atoms with Crippen LogP contribution >= 0.6 is 0 Å². The monoisotopic (exact) mass is 396 g/mol. The van der Waals surface area contributed by atoms with Crippen LogP contribution in [0, 0.1) is 12.8 Å². The van der Waals surface area contributed by atoms with Gasteiger partial charge in [-0.15, -0.1) is 0 Å². The van der Waals surface area contributed by atoms with Crippen LogP contribution in [0.25, 0.3) is 0 Å². The quantitative estimate of drug-likeness (QED) is 0.668. The van der Waals surface area contributed by atoms with Gasteiger partial charge in [0, 0.05) is 5.92 Å². The van der Waals surface area contributed by atoms with Crippen molar-refractivity contribution < 1.29 is 25.8 Å². The van der Waals surface area contributed by atoms with Gasteiger partial charge >= 0.3 is 10.1 Å². The number of rotatable bonds is 7. The molecule has 0 fully saturated rings. The normalized spacial score (nSPS) is 12.2. The number of carbonyl (C=O) groups is 1. The van der Waals surface area contributed by atoms with Gasteiger partial charge in [-0.3, -0.25) is 4.79 Å². The van der Waals surface area contributed by atoms with E-state index >= 15 is 0 Å². The molecule has 0 aliphatic heterocycles. The lowest BCUT2D eigenvalue weighted by Crippen LogP contribution is -2.20. The SMILES string of the molecule is Cc1ccc(S(=O)(=O)Oc2ccc(S(=O)(=O)CC(=O)C(C)C)cc2)cc1. The third-order valence-electron chi connectivity index (χ3n) is 3.67. The highest BCUT2D eigenvalue weighted by atomic mass is 32.2. The number of sulfone groups is 1. The molecule has 26 heavy (non-hydrogen) atoms. The molecular weight excluding hydrogens is 376 g/mol. The van der Waals surface area contributed by atoms with E-state index in [0.717, 1.165) is 5.56 Å². The Morgan fingerprint density at radius 2 is 1.38 bits per heavy atom. The maximum atomic E-state index is 12.2. The third kappa shape index (κ3) is 4.92. The van der Waals surface area contributed by atoms with E-state index < -0.39 is 25.7 Å². The topological polar surface area (TPSA) is 94.6 Å². The molecule has 140 valence electrons. The van der Waals surface area contributed by atoms with E-state index in [1.807, 2.05) is 6.92 Å². The first-order valence-electron chi connectivity index (χ1n) is 7.88. The van der Waals surface area contributed by atoms with Crippen LogP contribution in [-0.4, -0.2) is 28.4 Å². The number of ketones is 1. The van der Waals surface area contributed by atoms with E-state index in [4.69, 9.17) is 4.18 Å². The Morgan fingerprint density at radius 3 is 1.88 bits per heavy atom. The van der Waals surface area contributed by atoms with Crippen molar-refractivity contribution in [2.24, 2.45) is 5.92 Å². The predicted octanol–water partition coefficient (Wildman–Crippen LogP) is 2.76. The van der Waals surface area contributed by atoms with Gasteiger partial charge in [-0.05, 0) is 43.3 Å². The third-order valence-corrected chi connectivity index (χ3v) is 6.59. The minimum Gasteiger partial charge on any atom is -0.379 e. The number of benzene rings is 2. The summed E-state index contributed by atoms with van der Waals surface area (Å²) in [5, 5.41) is 0. The van der Waals surface area contributed by atoms with Crippen molar-refractivity contribution in [1.82, 2.24) is 0 Å². The minimum atomic E-state index is -4.01. The molecule has 0 bridgehead atoms. The molecule has 0 aromatic heterocycles. The van der Waals surface area contributed by atoms with E-state index in [-0.39, 0.29) is 27.2 Å². The molecule has 0 aliphatic carbocycles. The highest BCUT2D eigenvalue weighted by molar-refractivity contribution is 7.92. The molecule has 6 nitrogen and oxygen atoms in total. The zero-order chi connectivity index (χ0) is 19.5. The van der Waals surface area contributed by atoms with Gasteiger partial charge in [0.05, 0.1) is 4.90 Å². The molecule has 2 aromatic rings. The summed E-state index contributed by atoms with van der Waals surface area (Å²) in [7, 11) is -7.79. The fraction of sp³-hybridized carbons (Fsp3) is 0.278. The van der Waals surface area contributed by atoms with Crippen LogP contribution < -0.4 is 4.18 Å². The standard InChI is InChI=1S/C18H20O6S2/c1-13(2)18(19)12-25(20,21)16-10-6-15(7-11-16)24-26(22,23)17-8-4-14(3)5-9-17/h4-11,13H,12H2,1-3H3. The Bertz CT molecular complexity index is 987. The molecule has 0 saturated carbocycles. The van der Waals surface area contributed by atoms with Gasteiger partial charge < -0.3 is 4.18 Å². The van der Waals surface area contributed by atoms with Crippen LogP contribution in [0.4, 0.5) is 0 Å². The number of Topliss-reactive ketones (excluding diaryl/α,β-unsaturated/α-hetero) is 1. The maximum Gasteiger partial charge on any atom is 0.339 e. The van der Waals surface area contributed by atoms with E-state index in [1.54, 1.807) is 26.0 Å². The van der Waals surface area contributed by atoms with Gasteiger partial charge in [-0.1, -0.05) is 31.5 Å². The van der Waals surface area contributed by atoms with Crippen molar-refractivity contribution in [3.63, 3.8) is 0 Å². The number of aryl methyl sites for hydroxylation is 1. The average Bonchev–Trinajstić information content (AvgIpc) is 2.55. The Hall–Kier alpha value is -2.19. The largest absolute Gasteiger partial charge is 0.379 e. The molecule has 0 amide bonds. The minimum absolute atomic E-state index is 0.00216. The Kier molecular flexibility index (Phi) is 5.87. The molecule has 2 aromatic carbocycles. The molecule has 0 unspecified atom stereocenters. The molecule has 8 heteroatoms. The highest BCUT2D eigenvalue weighted by Crippen LogP contribution is 2.22. The smallest absolute Gasteiger partial charge is 0.339 e. The summed E-state index contributed by atoms with van der Waals surface area (Å²) in [5.74, 6) is -1.37. The highest BCUT2D eigenvalue weighted by Gasteiger charge is 2.22. The molecule has 0 aliphatic rings. The van der Waals surface area contributed by atoms with Gasteiger partial charge in [0.25, 0.3) is 0 Å². The summed E-state index contributed by atoms with van der Waals surface area (Å²) in [6, 6.07) is 11.1. The van der Waals surface area contributed by atoms with Gasteiger partial charge in [0.1, 0.15) is 16.4 Å². The molecule has 0 atom stereocenters. The molecule has 2 rings (SSSR count). The van der Waals surface area contributed by atoms with Crippen LogP contribution in [0.2, 0.25) is 0 Å². The second-order valence-corrected chi connectivity index (χ2v) is 9.74. The van der Waals surface area contributed by atoms with Gasteiger partial charge in [0.15, 0.2) is 15.6 Å².